The summed E-state index contributed by atoms with van der Waals surface area (Å²) in [4.78, 5) is 60.4. The van der Waals surface area contributed by atoms with E-state index in [1.165, 1.54) is 7.11 Å². The number of ether oxygens (including phenoxy) is 1. The van der Waals surface area contributed by atoms with Crippen molar-refractivity contribution in [2.24, 2.45) is 0 Å². The van der Waals surface area contributed by atoms with Gasteiger partial charge < -0.3 is 25.6 Å². The van der Waals surface area contributed by atoms with Crippen molar-refractivity contribution in [3.63, 3.8) is 0 Å². The van der Waals surface area contributed by atoms with Crippen LogP contribution in [0.3, 0.4) is 0 Å². The van der Waals surface area contributed by atoms with Crippen molar-refractivity contribution in [3.8, 4) is 22.3 Å². The molecule has 4 aromatic rings. The molecule has 272 valence electrons. The first kappa shape index (κ1) is 38.6. The lowest BCUT2D eigenvalue weighted by molar-refractivity contribution is -0.192. The van der Waals surface area contributed by atoms with E-state index in [-0.39, 0.29) is 37.9 Å². The molecule has 3 amide bonds. The second-order valence-corrected chi connectivity index (χ2v) is 11.6. The summed E-state index contributed by atoms with van der Waals surface area (Å²) in [5, 5.41) is 21.9. The zero-order valence-electron chi connectivity index (χ0n) is 27.9. The van der Waals surface area contributed by atoms with Gasteiger partial charge in [0.2, 0.25) is 11.8 Å². The summed E-state index contributed by atoms with van der Waals surface area (Å²) in [6, 6.07) is 31.9. The van der Waals surface area contributed by atoms with Gasteiger partial charge in [0, 0.05) is 13.0 Å². The predicted octanol–water partition coefficient (Wildman–Crippen LogP) is 6.35. The molecule has 1 aliphatic carbocycles. The van der Waals surface area contributed by atoms with Crippen molar-refractivity contribution in [3.05, 3.63) is 120 Å². The number of hydrogen-bond acceptors (Lipinski definition) is 6. The number of rotatable bonds is 12. The third kappa shape index (κ3) is 10.2. The maximum Gasteiger partial charge on any atom is 0.490 e. The number of carboxylic acid groups (broad SMARTS) is 2. The van der Waals surface area contributed by atoms with Crippen LogP contribution in [0.4, 0.5) is 18.0 Å². The van der Waals surface area contributed by atoms with Crippen molar-refractivity contribution < 1.29 is 52.1 Å². The van der Waals surface area contributed by atoms with Gasteiger partial charge in [0.25, 0.3) is 0 Å². The molecule has 11 nitrogen and oxygen atoms in total. The highest BCUT2D eigenvalue weighted by atomic mass is 19.4. The largest absolute Gasteiger partial charge is 0.490 e. The van der Waals surface area contributed by atoms with Gasteiger partial charge in [-0.05, 0) is 45.4 Å². The van der Waals surface area contributed by atoms with Gasteiger partial charge in [0.15, 0.2) is 0 Å². The molecule has 14 heteroatoms. The van der Waals surface area contributed by atoms with E-state index >= 15 is 0 Å². The van der Waals surface area contributed by atoms with Gasteiger partial charge in [-0.15, -0.1) is 0 Å². The summed E-state index contributed by atoms with van der Waals surface area (Å²) < 4.78 is 36.8. The lowest BCUT2D eigenvalue weighted by Crippen LogP contribution is -2.39. The smallest absolute Gasteiger partial charge is 0.481 e. The summed E-state index contributed by atoms with van der Waals surface area (Å²) in [6.07, 6.45) is -5.46. The fourth-order valence-electron chi connectivity index (χ4n) is 5.80. The van der Waals surface area contributed by atoms with E-state index < -0.39 is 36.2 Å². The number of aliphatic carboxylic acids is 2. The molecule has 1 unspecified atom stereocenters. The standard InChI is InChI=1S/C36H35N3O6.C2HF3O2/c1-45-36(44)39(35-29-14-7-5-12-27(29)28-13-6-8-15-30(28)35)21-9-16-32(40)37-23-33(41)38-31(22-34(42)43)26-19-17-25(18-20-26)24-10-3-2-4-11-24;3-2(4,5)1(6)7/h2-8,10-15,17-20,31,35H,9,16,21-23H2,1H3,(H,37,40)(H,38,41)(H,42,43);(H,6,7). The minimum atomic E-state index is -5.08. The Kier molecular flexibility index (Phi) is 13.1. The Morgan fingerprint density at radius 2 is 1.29 bits per heavy atom. The maximum atomic E-state index is 12.9. The number of carbonyl (C=O) groups excluding carboxylic acids is 3. The summed E-state index contributed by atoms with van der Waals surface area (Å²) >= 11 is 0. The Morgan fingerprint density at radius 3 is 1.81 bits per heavy atom. The van der Waals surface area contributed by atoms with Crippen LogP contribution in [0.1, 0.15) is 48.0 Å². The Balaban J connectivity index is 0.000000785. The lowest BCUT2D eigenvalue weighted by Gasteiger charge is -2.29. The monoisotopic (exact) mass is 719 g/mol. The highest BCUT2D eigenvalue weighted by Crippen LogP contribution is 2.46. The van der Waals surface area contributed by atoms with Crippen LogP contribution >= 0.6 is 0 Å². The Labute approximate surface area is 297 Å². The molecule has 0 saturated carbocycles. The topological polar surface area (TPSA) is 162 Å². The first-order valence-electron chi connectivity index (χ1n) is 16.1. The maximum absolute atomic E-state index is 12.9. The normalized spacial score (nSPS) is 12.2. The molecule has 1 atom stereocenters. The third-order valence-electron chi connectivity index (χ3n) is 8.15. The van der Waals surface area contributed by atoms with Crippen LogP contribution in [0.25, 0.3) is 22.3 Å². The average molecular weight is 720 g/mol. The van der Waals surface area contributed by atoms with Crippen molar-refractivity contribution in [1.29, 1.82) is 0 Å². The molecule has 0 aliphatic heterocycles. The summed E-state index contributed by atoms with van der Waals surface area (Å²) in [6.45, 7) is -0.0412. The van der Waals surface area contributed by atoms with Crippen LogP contribution in [-0.4, -0.2) is 71.3 Å². The fourth-order valence-corrected chi connectivity index (χ4v) is 5.80. The molecule has 0 spiro atoms. The Hall–Kier alpha value is -6.18. The zero-order valence-corrected chi connectivity index (χ0v) is 27.9. The van der Waals surface area contributed by atoms with E-state index in [1.54, 1.807) is 17.0 Å². The quantitative estimate of drug-likeness (QED) is 0.132. The molecule has 1 aliphatic rings. The number of carbonyl (C=O) groups is 5. The first-order chi connectivity index (χ1) is 24.8. The van der Waals surface area contributed by atoms with Gasteiger partial charge in [0.05, 0.1) is 32.2 Å². The van der Waals surface area contributed by atoms with Crippen LogP contribution < -0.4 is 10.6 Å². The number of fused-ring (bicyclic) bond motifs is 3. The summed E-state index contributed by atoms with van der Waals surface area (Å²) in [7, 11) is 1.34. The van der Waals surface area contributed by atoms with E-state index in [4.69, 9.17) is 14.6 Å². The van der Waals surface area contributed by atoms with Crippen molar-refractivity contribution in [2.45, 2.75) is 37.5 Å². The van der Waals surface area contributed by atoms with Crippen LogP contribution in [0, 0.1) is 0 Å². The minimum absolute atomic E-state index is 0.0797. The highest BCUT2D eigenvalue weighted by Gasteiger charge is 2.38. The SMILES string of the molecule is COC(=O)N(CCCC(=O)NCC(=O)NC(CC(=O)O)c1ccc(-c2ccccc2)cc1)C1c2ccccc2-c2ccccc21.O=C(O)C(F)(F)F. The zero-order chi connectivity index (χ0) is 37.8. The predicted molar refractivity (Wildman–Crippen MR) is 184 cm³/mol. The number of amides is 3. The number of benzene rings is 4. The van der Waals surface area contributed by atoms with E-state index in [9.17, 15) is 37.5 Å². The molecule has 0 radical (unpaired) electrons. The van der Waals surface area contributed by atoms with Gasteiger partial charge in [-0.2, -0.15) is 13.2 Å². The lowest BCUT2D eigenvalue weighted by atomic mass is 9.99. The number of alkyl halides is 3. The molecule has 4 N–H and O–H groups in total. The molecule has 5 rings (SSSR count). The highest BCUT2D eigenvalue weighted by molar-refractivity contribution is 5.85. The van der Waals surface area contributed by atoms with Gasteiger partial charge in [-0.1, -0.05) is 103 Å². The molecular weight excluding hydrogens is 683 g/mol. The van der Waals surface area contributed by atoms with Gasteiger partial charge in [0.1, 0.15) is 0 Å². The average Bonchev–Trinajstić information content (AvgIpc) is 3.46. The van der Waals surface area contributed by atoms with Crippen molar-refractivity contribution >= 4 is 29.8 Å². The third-order valence-corrected chi connectivity index (χ3v) is 8.15. The Morgan fingerprint density at radius 1 is 0.769 bits per heavy atom. The number of nitrogens with one attached hydrogen (secondary N) is 2. The molecule has 4 aromatic carbocycles. The second-order valence-electron chi connectivity index (χ2n) is 11.6. The molecule has 52 heavy (non-hydrogen) atoms. The van der Waals surface area contributed by atoms with Crippen LogP contribution in [0.5, 0.6) is 0 Å². The molecule has 0 saturated heterocycles. The number of carboxylic acids is 2. The van der Waals surface area contributed by atoms with Gasteiger partial charge >= 0.3 is 24.2 Å². The van der Waals surface area contributed by atoms with Gasteiger partial charge in [-0.3, -0.25) is 19.3 Å². The van der Waals surface area contributed by atoms with Crippen LogP contribution in [0.2, 0.25) is 0 Å². The van der Waals surface area contributed by atoms with Gasteiger partial charge in [-0.25, -0.2) is 9.59 Å². The fraction of sp³-hybridized carbons (Fsp3) is 0.237. The molecule has 0 fully saturated rings. The number of hydrogen-bond donors (Lipinski definition) is 4. The number of nitrogens with zero attached hydrogens (tertiary/aromatic N) is 1. The van der Waals surface area contributed by atoms with E-state index in [2.05, 4.69) is 10.6 Å². The summed E-state index contributed by atoms with van der Waals surface area (Å²) in [5.41, 5.74) is 6.76. The number of halogens is 3. The molecular formula is C38H36F3N3O8. The van der Waals surface area contributed by atoms with E-state index in [0.29, 0.717) is 12.0 Å². The minimum Gasteiger partial charge on any atom is -0.481 e. The molecule has 0 aromatic heterocycles. The Bertz CT molecular complexity index is 1840. The molecule has 0 heterocycles. The van der Waals surface area contributed by atoms with E-state index in [1.807, 2.05) is 91.0 Å². The second kappa shape index (κ2) is 17.7. The summed E-state index contributed by atoms with van der Waals surface area (Å²) in [5.74, 6) is -4.67. The first-order valence-corrected chi connectivity index (χ1v) is 16.1. The van der Waals surface area contributed by atoms with Crippen LogP contribution in [-0.2, 0) is 23.9 Å². The van der Waals surface area contributed by atoms with E-state index in [0.717, 1.165) is 33.4 Å². The number of methoxy groups -OCH3 is 1. The van der Waals surface area contributed by atoms with Crippen LogP contribution in [0.15, 0.2) is 103 Å². The van der Waals surface area contributed by atoms with Crippen molar-refractivity contribution in [1.82, 2.24) is 15.5 Å². The molecule has 0 bridgehead atoms. The van der Waals surface area contributed by atoms with Crippen molar-refractivity contribution in [2.75, 3.05) is 20.2 Å².